The van der Waals surface area contributed by atoms with Crippen molar-refractivity contribution < 1.29 is 8.42 Å². The maximum Gasteiger partial charge on any atom is 0.240 e. The summed E-state index contributed by atoms with van der Waals surface area (Å²) >= 11 is 0. The van der Waals surface area contributed by atoms with Crippen LogP contribution in [0.5, 0.6) is 0 Å². The third-order valence-corrected chi connectivity index (χ3v) is 4.63. The maximum atomic E-state index is 12.3. The van der Waals surface area contributed by atoms with E-state index >= 15 is 0 Å². The Morgan fingerprint density at radius 1 is 1.05 bits per heavy atom. The van der Waals surface area contributed by atoms with Crippen LogP contribution in [0, 0.1) is 13.8 Å². The Morgan fingerprint density at radius 3 is 2.19 bits per heavy atom. The summed E-state index contributed by atoms with van der Waals surface area (Å²) in [6.07, 6.45) is 0. The van der Waals surface area contributed by atoms with E-state index in [2.05, 4.69) is 4.72 Å². The van der Waals surface area contributed by atoms with E-state index in [9.17, 15) is 8.42 Å². The largest absolute Gasteiger partial charge is 0.323 e. The van der Waals surface area contributed by atoms with Gasteiger partial charge in [0.05, 0.1) is 4.90 Å². The molecule has 2 aromatic carbocycles. The van der Waals surface area contributed by atoms with E-state index in [0.717, 1.165) is 16.7 Å². The number of aryl methyl sites for hydroxylation is 2. The zero-order valence-electron chi connectivity index (χ0n) is 12.2. The average molecular weight is 304 g/mol. The van der Waals surface area contributed by atoms with Gasteiger partial charge in [-0.1, -0.05) is 36.4 Å². The molecule has 0 aliphatic rings. The molecule has 2 rings (SSSR count). The highest BCUT2D eigenvalue weighted by Gasteiger charge is 2.16. The first kappa shape index (κ1) is 15.7. The lowest BCUT2D eigenvalue weighted by Gasteiger charge is -2.14. The van der Waals surface area contributed by atoms with Gasteiger partial charge in [-0.3, -0.25) is 0 Å². The maximum absolute atomic E-state index is 12.3. The molecule has 0 fully saturated rings. The van der Waals surface area contributed by atoms with Gasteiger partial charge in [0, 0.05) is 12.6 Å². The number of hydrogen-bond donors (Lipinski definition) is 2. The lowest BCUT2D eigenvalue weighted by atomic mass is 10.1. The molecule has 0 saturated heterocycles. The van der Waals surface area contributed by atoms with E-state index in [4.69, 9.17) is 5.73 Å². The van der Waals surface area contributed by atoms with Gasteiger partial charge >= 0.3 is 0 Å². The van der Waals surface area contributed by atoms with E-state index in [1.807, 2.05) is 50.2 Å². The molecule has 0 aliphatic carbocycles. The summed E-state index contributed by atoms with van der Waals surface area (Å²) in [7, 11) is -3.54. The topological polar surface area (TPSA) is 72.2 Å². The normalized spacial score (nSPS) is 13.1. The van der Waals surface area contributed by atoms with Crippen LogP contribution in [-0.2, 0) is 10.0 Å². The van der Waals surface area contributed by atoms with Gasteiger partial charge in [-0.05, 0) is 42.7 Å². The van der Waals surface area contributed by atoms with Crippen molar-refractivity contribution in [2.45, 2.75) is 24.8 Å². The van der Waals surface area contributed by atoms with Gasteiger partial charge < -0.3 is 5.73 Å². The highest BCUT2D eigenvalue weighted by Crippen LogP contribution is 2.15. The Balaban J connectivity index is 2.11. The minimum atomic E-state index is -3.54. The number of nitrogens with two attached hydrogens (primary N) is 1. The van der Waals surface area contributed by atoms with Crippen LogP contribution in [0.25, 0.3) is 0 Å². The molecule has 2 aromatic rings. The first-order valence-corrected chi connectivity index (χ1v) is 8.25. The van der Waals surface area contributed by atoms with Gasteiger partial charge in [0.2, 0.25) is 10.0 Å². The van der Waals surface area contributed by atoms with Gasteiger partial charge in [0.15, 0.2) is 0 Å². The Hall–Kier alpha value is -1.69. The second kappa shape index (κ2) is 6.39. The summed E-state index contributed by atoms with van der Waals surface area (Å²) in [5, 5.41) is 0. The van der Waals surface area contributed by atoms with Crippen molar-refractivity contribution in [3.05, 3.63) is 65.2 Å². The molecular formula is C16H20N2O2S. The molecule has 0 aromatic heterocycles. The van der Waals surface area contributed by atoms with Gasteiger partial charge in [-0.15, -0.1) is 0 Å². The second-order valence-electron chi connectivity index (χ2n) is 5.19. The third-order valence-electron chi connectivity index (χ3n) is 3.23. The molecule has 0 aliphatic heterocycles. The van der Waals surface area contributed by atoms with Crippen molar-refractivity contribution >= 4 is 10.0 Å². The molecule has 1 unspecified atom stereocenters. The summed E-state index contributed by atoms with van der Waals surface area (Å²) in [4.78, 5) is 0.278. The van der Waals surface area contributed by atoms with Gasteiger partial charge in [-0.25, -0.2) is 13.1 Å². The molecular weight excluding hydrogens is 284 g/mol. The molecule has 0 radical (unpaired) electrons. The van der Waals surface area contributed by atoms with Crippen molar-refractivity contribution in [2.75, 3.05) is 6.54 Å². The molecule has 0 spiro atoms. The zero-order valence-corrected chi connectivity index (χ0v) is 13.0. The van der Waals surface area contributed by atoms with Crippen molar-refractivity contribution in [1.29, 1.82) is 0 Å². The number of benzene rings is 2. The highest BCUT2D eigenvalue weighted by molar-refractivity contribution is 7.89. The third kappa shape index (κ3) is 4.14. The molecule has 0 saturated carbocycles. The summed E-state index contributed by atoms with van der Waals surface area (Å²) in [6, 6.07) is 14.3. The lowest BCUT2D eigenvalue weighted by Crippen LogP contribution is -2.32. The molecule has 112 valence electrons. The fraction of sp³-hybridized carbons (Fsp3) is 0.250. The van der Waals surface area contributed by atoms with E-state index in [1.54, 1.807) is 12.1 Å². The van der Waals surface area contributed by atoms with E-state index in [0.29, 0.717) is 0 Å². The van der Waals surface area contributed by atoms with Crippen molar-refractivity contribution in [3.63, 3.8) is 0 Å². The summed E-state index contributed by atoms with van der Waals surface area (Å²) in [6.45, 7) is 3.92. The molecule has 1 atom stereocenters. The molecule has 21 heavy (non-hydrogen) atoms. The first-order valence-electron chi connectivity index (χ1n) is 6.77. The summed E-state index contributed by atoms with van der Waals surface area (Å²) in [5.41, 5.74) is 8.75. The van der Waals surface area contributed by atoms with Crippen molar-refractivity contribution in [1.82, 2.24) is 4.72 Å². The fourth-order valence-corrected chi connectivity index (χ4v) is 3.44. The number of rotatable bonds is 5. The molecule has 0 bridgehead atoms. The Labute approximate surface area is 126 Å². The Bertz CT molecular complexity index is 692. The van der Waals surface area contributed by atoms with Crippen LogP contribution < -0.4 is 10.5 Å². The standard InChI is InChI=1S/C16H20N2O2S/c1-12-8-13(2)10-15(9-12)21(19,20)18-11-16(17)14-6-4-3-5-7-14/h3-10,16,18H,11,17H2,1-2H3. The molecule has 0 heterocycles. The number of nitrogens with one attached hydrogen (secondary N) is 1. The van der Waals surface area contributed by atoms with Crippen molar-refractivity contribution in [3.8, 4) is 0 Å². The Morgan fingerprint density at radius 2 is 1.62 bits per heavy atom. The monoisotopic (exact) mass is 304 g/mol. The molecule has 3 N–H and O–H groups in total. The lowest BCUT2D eigenvalue weighted by molar-refractivity contribution is 0.572. The van der Waals surface area contributed by atoms with Crippen LogP contribution in [0.2, 0.25) is 0 Å². The van der Waals surface area contributed by atoms with Crippen LogP contribution in [0.4, 0.5) is 0 Å². The molecule has 4 nitrogen and oxygen atoms in total. The van der Waals surface area contributed by atoms with Crippen LogP contribution in [0.1, 0.15) is 22.7 Å². The molecule has 5 heteroatoms. The summed E-state index contributed by atoms with van der Waals surface area (Å²) in [5.74, 6) is 0. The van der Waals surface area contributed by atoms with E-state index in [1.165, 1.54) is 0 Å². The van der Waals surface area contributed by atoms with E-state index < -0.39 is 10.0 Å². The highest BCUT2D eigenvalue weighted by atomic mass is 32.2. The zero-order chi connectivity index (χ0) is 15.5. The first-order chi connectivity index (χ1) is 9.88. The average Bonchev–Trinajstić information content (AvgIpc) is 2.45. The quantitative estimate of drug-likeness (QED) is 0.890. The van der Waals surface area contributed by atoms with Crippen LogP contribution in [-0.4, -0.2) is 15.0 Å². The van der Waals surface area contributed by atoms with Crippen molar-refractivity contribution in [2.24, 2.45) is 5.73 Å². The van der Waals surface area contributed by atoms with Gasteiger partial charge in [0.25, 0.3) is 0 Å². The summed E-state index contributed by atoms with van der Waals surface area (Å²) < 4.78 is 27.2. The van der Waals surface area contributed by atoms with Crippen LogP contribution in [0.3, 0.4) is 0 Å². The second-order valence-corrected chi connectivity index (χ2v) is 6.96. The van der Waals surface area contributed by atoms with E-state index in [-0.39, 0.29) is 17.5 Å². The predicted octanol–water partition coefficient (Wildman–Crippen LogP) is 2.28. The Kier molecular flexibility index (Phi) is 4.77. The molecule has 0 amide bonds. The number of hydrogen-bond acceptors (Lipinski definition) is 3. The SMILES string of the molecule is Cc1cc(C)cc(S(=O)(=O)NCC(N)c2ccccc2)c1. The van der Waals surface area contributed by atoms with Crippen LogP contribution in [0.15, 0.2) is 53.4 Å². The van der Waals surface area contributed by atoms with Crippen LogP contribution >= 0.6 is 0 Å². The fourth-order valence-electron chi connectivity index (χ4n) is 2.19. The smallest absolute Gasteiger partial charge is 0.240 e. The number of sulfonamides is 1. The minimum Gasteiger partial charge on any atom is -0.323 e. The predicted molar refractivity (Wildman–Crippen MR) is 84.5 cm³/mol. The van der Waals surface area contributed by atoms with Gasteiger partial charge in [-0.2, -0.15) is 0 Å². The van der Waals surface area contributed by atoms with Gasteiger partial charge in [0.1, 0.15) is 0 Å². The minimum absolute atomic E-state index is 0.166.